The van der Waals surface area contributed by atoms with Crippen LogP contribution in [0, 0.1) is 0 Å². The summed E-state index contributed by atoms with van der Waals surface area (Å²) in [4.78, 5) is 15.2. The van der Waals surface area contributed by atoms with Gasteiger partial charge >= 0.3 is 0 Å². The molecule has 124 valence electrons. The molecule has 24 heavy (non-hydrogen) atoms. The number of hydrogen-bond acceptors (Lipinski definition) is 2. The first-order valence-corrected chi connectivity index (χ1v) is 8.39. The number of benzene rings is 2. The van der Waals surface area contributed by atoms with Crippen LogP contribution < -0.4 is 5.32 Å². The fourth-order valence-corrected chi connectivity index (χ4v) is 2.93. The van der Waals surface area contributed by atoms with Crippen LogP contribution in [0.1, 0.15) is 36.7 Å². The number of nitrogens with one attached hydrogen (secondary N) is 1. The summed E-state index contributed by atoms with van der Waals surface area (Å²) in [6, 6.07) is 17.0. The van der Waals surface area contributed by atoms with Gasteiger partial charge in [0.25, 0.3) is 0 Å². The Bertz CT molecular complexity index is 819. The first kappa shape index (κ1) is 16.2. The fourth-order valence-electron chi connectivity index (χ4n) is 2.93. The number of para-hydroxylation sites is 2. The molecule has 3 aromatic rings. The number of nitrogens with zero attached hydrogens (tertiary/aromatic N) is 2. The molecule has 0 aliphatic carbocycles. The molecule has 3 rings (SSSR count). The molecule has 1 N–H and O–H groups in total. The second-order valence-corrected chi connectivity index (χ2v) is 6.32. The monoisotopic (exact) mass is 321 g/mol. The molecule has 0 bridgehead atoms. The molecular formula is C20H23N3O. The lowest BCUT2D eigenvalue weighted by Crippen LogP contribution is -2.17. The third-order valence-corrected chi connectivity index (χ3v) is 4.30. The summed E-state index contributed by atoms with van der Waals surface area (Å²) in [6.45, 7) is 5.79. The summed E-state index contributed by atoms with van der Waals surface area (Å²) >= 11 is 0. The Morgan fingerprint density at radius 2 is 1.88 bits per heavy atom. The van der Waals surface area contributed by atoms with Crippen LogP contribution in [0.15, 0.2) is 48.5 Å². The van der Waals surface area contributed by atoms with Gasteiger partial charge in [0.05, 0.1) is 11.0 Å². The molecule has 4 nitrogen and oxygen atoms in total. The van der Waals surface area contributed by atoms with E-state index in [1.54, 1.807) is 0 Å². The van der Waals surface area contributed by atoms with Crippen LogP contribution in [0.4, 0.5) is 0 Å². The molecule has 0 aliphatic rings. The average Bonchev–Trinajstić information content (AvgIpc) is 2.93. The van der Waals surface area contributed by atoms with E-state index in [2.05, 4.69) is 54.1 Å². The largest absolute Gasteiger partial charge is 0.358 e. The van der Waals surface area contributed by atoms with Gasteiger partial charge in [0.1, 0.15) is 5.82 Å². The highest BCUT2D eigenvalue weighted by atomic mass is 16.1. The number of carbonyl (C=O) groups is 1. The number of imidazole rings is 1. The van der Waals surface area contributed by atoms with Crippen LogP contribution in [0.25, 0.3) is 11.0 Å². The Labute approximate surface area is 142 Å². The van der Waals surface area contributed by atoms with E-state index in [9.17, 15) is 4.79 Å². The van der Waals surface area contributed by atoms with Crippen molar-refractivity contribution in [3.05, 3.63) is 65.5 Å². The lowest BCUT2D eigenvalue weighted by atomic mass is 10.0. The van der Waals surface area contributed by atoms with E-state index >= 15 is 0 Å². The van der Waals surface area contributed by atoms with Gasteiger partial charge in [-0.25, -0.2) is 4.98 Å². The molecule has 1 amide bonds. The lowest BCUT2D eigenvalue weighted by Gasteiger charge is -2.11. The molecule has 0 spiro atoms. The minimum atomic E-state index is 0.540. The van der Waals surface area contributed by atoms with Crippen molar-refractivity contribution in [3.63, 3.8) is 0 Å². The summed E-state index contributed by atoms with van der Waals surface area (Å²) in [5.41, 5.74) is 4.74. The van der Waals surface area contributed by atoms with Gasteiger partial charge < -0.3 is 9.88 Å². The van der Waals surface area contributed by atoms with Gasteiger partial charge in [-0.1, -0.05) is 50.2 Å². The van der Waals surface area contributed by atoms with Crippen molar-refractivity contribution in [1.82, 2.24) is 14.9 Å². The first-order valence-electron chi connectivity index (χ1n) is 8.39. The molecule has 0 saturated heterocycles. The number of rotatable bonds is 7. The fraction of sp³-hybridized carbons (Fsp3) is 0.300. The number of aromatic nitrogens is 2. The van der Waals surface area contributed by atoms with Gasteiger partial charge in [-0.05, 0) is 29.2 Å². The number of hydrogen-bond donors (Lipinski definition) is 1. The van der Waals surface area contributed by atoms with Crippen molar-refractivity contribution in [2.75, 3.05) is 6.54 Å². The zero-order valence-corrected chi connectivity index (χ0v) is 14.2. The standard InChI is InChI=1S/C20H23N3O/c1-15(2)17-9-7-16(8-10-17)13-23-19-6-4-3-5-18(19)22-20(23)11-12-21-14-24/h3-10,14-15H,11-13H2,1-2H3,(H,21,24). The molecule has 0 radical (unpaired) electrons. The molecular weight excluding hydrogens is 298 g/mol. The summed E-state index contributed by atoms with van der Waals surface area (Å²) in [6.07, 6.45) is 1.45. The van der Waals surface area contributed by atoms with Gasteiger partial charge in [-0.3, -0.25) is 4.79 Å². The van der Waals surface area contributed by atoms with Gasteiger partial charge in [-0.2, -0.15) is 0 Å². The topological polar surface area (TPSA) is 46.9 Å². The van der Waals surface area contributed by atoms with E-state index in [-0.39, 0.29) is 0 Å². The van der Waals surface area contributed by atoms with E-state index in [1.807, 2.05) is 18.2 Å². The van der Waals surface area contributed by atoms with Crippen LogP contribution in [0.2, 0.25) is 0 Å². The van der Waals surface area contributed by atoms with E-state index < -0.39 is 0 Å². The Hall–Kier alpha value is -2.62. The quantitative estimate of drug-likeness (QED) is 0.535. The van der Waals surface area contributed by atoms with Crippen LogP contribution >= 0.6 is 0 Å². The molecule has 4 heteroatoms. The van der Waals surface area contributed by atoms with E-state index in [0.717, 1.165) is 36.2 Å². The smallest absolute Gasteiger partial charge is 0.207 e. The highest BCUT2D eigenvalue weighted by Crippen LogP contribution is 2.20. The number of carbonyl (C=O) groups excluding carboxylic acids is 1. The molecule has 1 aromatic heterocycles. The Morgan fingerprint density at radius 3 is 2.58 bits per heavy atom. The predicted octanol–water partition coefficient (Wildman–Crippen LogP) is 3.50. The molecule has 0 aliphatic heterocycles. The van der Waals surface area contributed by atoms with Gasteiger partial charge in [0, 0.05) is 19.5 Å². The van der Waals surface area contributed by atoms with E-state index in [4.69, 9.17) is 4.98 Å². The second-order valence-electron chi connectivity index (χ2n) is 6.32. The molecule has 0 atom stereocenters. The molecule has 0 fully saturated rings. The summed E-state index contributed by atoms with van der Waals surface area (Å²) < 4.78 is 2.24. The van der Waals surface area contributed by atoms with Crippen molar-refractivity contribution in [1.29, 1.82) is 0 Å². The predicted molar refractivity (Wildman–Crippen MR) is 97.1 cm³/mol. The summed E-state index contributed by atoms with van der Waals surface area (Å²) in [5.74, 6) is 1.54. The average molecular weight is 321 g/mol. The highest BCUT2D eigenvalue weighted by molar-refractivity contribution is 5.76. The zero-order valence-electron chi connectivity index (χ0n) is 14.2. The van der Waals surface area contributed by atoms with E-state index in [0.29, 0.717) is 12.5 Å². The van der Waals surface area contributed by atoms with E-state index in [1.165, 1.54) is 11.1 Å². The summed E-state index contributed by atoms with van der Waals surface area (Å²) in [7, 11) is 0. The van der Waals surface area contributed by atoms with Crippen LogP contribution in [0.3, 0.4) is 0 Å². The maximum Gasteiger partial charge on any atom is 0.207 e. The molecule has 1 heterocycles. The van der Waals surface area contributed by atoms with Crippen LogP contribution in [-0.2, 0) is 17.8 Å². The third-order valence-electron chi connectivity index (χ3n) is 4.30. The van der Waals surface area contributed by atoms with Crippen LogP contribution in [-0.4, -0.2) is 22.5 Å². The Kier molecular flexibility index (Phi) is 4.94. The second kappa shape index (κ2) is 7.30. The number of amides is 1. The Balaban J connectivity index is 1.91. The van der Waals surface area contributed by atoms with Gasteiger partial charge in [0.15, 0.2) is 0 Å². The van der Waals surface area contributed by atoms with Crippen molar-refractivity contribution in [3.8, 4) is 0 Å². The third kappa shape index (κ3) is 3.48. The first-order chi connectivity index (χ1) is 11.7. The van der Waals surface area contributed by atoms with Gasteiger partial charge in [0.2, 0.25) is 6.41 Å². The van der Waals surface area contributed by atoms with Crippen molar-refractivity contribution in [2.24, 2.45) is 0 Å². The van der Waals surface area contributed by atoms with Gasteiger partial charge in [-0.15, -0.1) is 0 Å². The minimum absolute atomic E-state index is 0.540. The zero-order chi connectivity index (χ0) is 16.9. The lowest BCUT2D eigenvalue weighted by molar-refractivity contribution is -0.109. The normalized spacial score (nSPS) is 11.1. The molecule has 0 unspecified atom stereocenters. The van der Waals surface area contributed by atoms with Crippen molar-refractivity contribution in [2.45, 2.75) is 32.7 Å². The van der Waals surface area contributed by atoms with Crippen molar-refractivity contribution >= 4 is 17.4 Å². The SMILES string of the molecule is CC(C)c1ccc(Cn2c(CCNC=O)nc3ccccc32)cc1. The van der Waals surface area contributed by atoms with Crippen LogP contribution in [0.5, 0.6) is 0 Å². The maximum absolute atomic E-state index is 10.5. The Morgan fingerprint density at radius 1 is 1.12 bits per heavy atom. The maximum atomic E-state index is 10.5. The summed E-state index contributed by atoms with van der Waals surface area (Å²) in [5, 5.41) is 2.72. The highest BCUT2D eigenvalue weighted by Gasteiger charge is 2.11. The molecule has 0 saturated carbocycles. The minimum Gasteiger partial charge on any atom is -0.358 e. The molecule has 2 aromatic carbocycles. The number of fused-ring (bicyclic) bond motifs is 1. The van der Waals surface area contributed by atoms with Crippen molar-refractivity contribution < 1.29 is 4.79 Å².